The average Bonchev–Trinajstić information content (AvgIpc) is 3.01. The number of hydrogen-bond acceptors (Lipinski definition) is 3. The van der Waals surface area contributed by atoms with Crippen molar-refractivity contribution in [3.63, 3.8) is 0 Å². The molecule has 0 amide bonds. The molecule has 0 atom stereocenters. The number of thiazole rings is 1. The van der Waals surface area contributed by atoms with Crippen LogP contribution in [0.2, 0.25) is 0 Å². The summed E-state index contributed by atoms with van der Waals surface area (Å²) in [5.74, 6) is -1.09. The zero-order valence-electron chi connectivity index (χ0n) is 11.0. The number of rotatable bonds is 4. The van der Waals surface area contributed by atoms with Crippen LogP contribution in [0.15, 0.2) is 54.0 Å². The predicted octanol–water partition coefficient (Wildman–Crippen LogP) is 4.70. The smallest absolute Gasteiger partial charge is 0.131 e. The minimum Gasteiger partial charge on any atom is -0.381 e. The average molecular weight is 302 g/mol. The lowest BCUT2D eigenvalue weighted by Crippen LogP contribution is -2.04. The number of anilines is 1. The van der Waals surface area contributed by atoms with Crippen LogP contribution in [0.25, 0.3) is 10.6 Å². The highest BCUT2D eigenvalue weighted by Crippen LogP contribution is 2.25. The van der Waals surface area contributed by atoms with Crippen LogP contribution < -0.4 is 5.32 Å². The Labute approximate surface area is 125 Å². The minimum absolute atomic E-state index is 0.0390. The first-order valence-electron chi connectivity index (χ1n) is 6.41. The number of aromatic nitrogens is 1. The SMILES string of the molecule is Fc1cccc(F)c1CNc1cccc(-c2nccs2)c1. The molecule has 0 bridgehead atoms. The van der Waals surface area contributed by atoms with E-state index >= 15 is 0 Å². The molecule has 106 valence electrons. The molecule has 21 heavy (non-hydrogen) atoms. The molecule has 2 nitrogen and oxygen atoms in total. The van der Waals surface area contributed by atoms with Crippen molar-refractivity contribution in [2.24, 2.45) is 0 Å². The van der Waals surface area contributed by atoms with Crippen LogP contribution in [0.4, 0.5) is 14.5 Å². The highest BCUT2D eigenvalue weighted by molar-refractivity contribution is 7.13. The molecule has 1 heterocycles. The second-order valence-electron chi connectivity index (χ2n) is 4.47. The van der Waals surface area contributed by atoms with Gasteiger partial charge in [-0.25, -0.2) is 13.8 Å². The molecule has 0 aliphatic heterocycles. The zero-order valence-corrected chi connectivity index (χ0v) is 11.8. The molecule has 0 saturated carbocycles. The normalized spacial score (nSPS) is 10.6. The number of halogens is 2. The second-order valence-corrected chi connectivity index (χ2v) is 5.37. The summed E-state index contributed by atoms with van der Waals surface area (Å²) in [4.78, 5) is 4.24. The number of benzene rings is 2. The molecule has 3 rings (SSSR count). The lowest BCUT2D eigenvalue weighted by molar-refractivity contribution is 0.560. The van der Waals surface area contributed by atoms with Crippen LogP contribution in [0.5, 0.6) is 0 Å². The summed E-state index contributed by atoms with van der Waals surface area (Å²) in [7, 11) is 0. The fraction of sp³-hybridized carbons (Fsp3) is 0.0625. The summed E-state index contributed by atoms with van der Waals surface area (Å²) in [5.41, 5.74) is 1.81. The summed E-state index contributed by atoms with van der Waals surface area (Å²) in [6.07, 6.45) is 1.74. The lowest BCUT2D eigenvalue weighted by atomic mass is 10.1. The highest BCUT2D eigenvalue weighted by atomic mass is 32.1. The topological polar surface area (TPSA) is 24.9 Å². The molecule has 0 spiro atoms. The third kappa shape index (κ3) is 3.08. The van der Waals surface area contributed by atoms with Crippen LogP contribution in [0, 0.1) is 11.6 Å². The third-order valence-corrected chi connectivity index (χ3v) is 3.89. The molecule has 1 N–H and O–H groups in total. The van der Waals surface area contributed by atoms with E-state index in [1.807, 2.05) is 29.6 Å². The van der Waals surface area contributed by atoms with Gasteiger partial charge in [-0.15, -0.1) is 11.3 Å². The third-order valence-electron chi connectivity index (χ3n) is 3.07. The molecule has 0 aliphatic rings. The van der Waals surface area contributed by atoms with E-state index in [2.05, 4.69) is 10.3 Å². The molecule has 5 heteroatoms. The molecule has 2 aromatic carbocycles. The van der Waals surface area contributed by atoms with Gasteiger partial charge in [0.15, 0.2) is 0 Å². The van der Waals surface area contributed by atoms with E-state index in [0.29, 0.717) is 0 Å². The van der Waals surface area contributed by atoms with Crippen molar-refractivity contribution in [1.82, 2.24) is 4.98 Å². The highest BCUT2D eigenvalue weighted by Gasteiger charge is 2.08. The van der Waals surface area contributed by atoms with Crippen LogP contribution in [0.1, 0.15) is 5.56 Å². The molecule has 1 aromatic heterocycles. The summed E-state index contributed by atoms with van der Waals surface area (Å²) >= 11 is 1.55. The first-order valence-corrected chi connectivity index (χ1v) is 7.29. The lowest BCUT2D eigenvalue weighted by Gasteiger charge is -2.09. The maximum absolute atomic E-state index is 13.6. The van der Waals surface area contributed by atoms with Crippen LogP contribution >= 0.6 is 11.3 Å². The van der Waals surface area contributed by atoms with Crippen molar-refractivity contribution in [2.75, 3.05) is 5.32 Å². The summed E-state index contributed by atoms with van der Waals surface area (Å²) in [6.45, 7) is 0.0971. The molecule has 0 radical (unpaired) electrons. The Kier molecular flexibility index (Phi) is 3.92. The van der Waals surface area contributed by atoms with E-state index in [1.54, 1.807) is 17.5 Å². The predicted molar refractivity (Wildman–Crippen MR) is 81.2 cm³/mol. The van der Waals surface area contributed by atoms with Gasteiger partial charge in [-0.05, 0) is 24.3 Å². The minimum atomic E-state index is -0.543. The van der Waals surface area contributed by atoms with E-state index in [0.717, 1.165) is 16.3 Å². The Morgan fingerprint density at radius 2 is 1.81 bits per heavy atom. The fourth-order valence-corrected chi connectivity index (χ4v) is 2.66. The second kappa shape index (κ2) is 6.01. The van der Waals surface area contributed by atoms with Gasteiger partial charge < -0.3 is 5.32 Å². The summed E-state index contributed by atoms with van der Waals surface area (Å²) in [5, 5.41) is 5.86. The van der Waals surface area contributed by atoms with Crippen molar-refractivity contribution < 1.29 is 8.78 Å². The van der Waals surface area contributed by atoms with Crippen LogP contribution in [0.3, 0.4) is 0 Å². The standard InChI is InChI=1S/C16H12F2N2S/c17-14-5-2-6-15(18)13(14)10-20-12-4-1-3-11(9-12)16-19-7-8-21-16/h1-9,20H,10H2. The van der Waals surface area contributed by atoms with Crippen molar-refractivity contribution >= 4 is 17.0 Å². The first kappa shape index (κ1) is 13.7. The number of nitrogens with one attached hydrogen (secondary N) is 1. The van der Waals surface area contributed by atoms with Gasteiger partial charge in [0, 0.05) is 34.9 Å². The maximum atomic E-state index is 13.6. The number of nitrogens with zero attached hydrogens (tertiary/aromatic N) is 1. The van der Waals surface area contributed by atoms with Gasteiger partial charge in [0.2, 0.25) is 0 Å². The van der Waals surface area contributed by atoms with Crippen molar-refractivity contribution in [1.29, 1.82) is 0 Å². The van der Waals surface area contributed by atoms with Gasteiger partial charge >= 0.3 is 0 Å². The Morgan fingerprint density at radius 3 is 2.52 bits per heavy atom. The Hall–Kier alpha value is -2.27. The van der Waals surface area contributed by atoms with E-state index < -0.39 is 11.6 Å². The fourth-order valence-electron chi connectivity index (χ4n) is 2.02. The quantitative estimate of drug-likeness (QED) is 0.755. The molecule has 0 fully saturated rings. The molecule has 0 unspecified atom stereocenters. The van der Waals surface area contributed by atoms with Crippen molar-refractivity contribution in [2.45, 2.75) is 6.54 Å². The van der Waals surface area contributed by atoms with Gasteiger partial charge in [0.25, 0.3) is 0 Å². The molecular weight excluding hydrogens is 290 g/mol. The van der Waals surface area contributed by atoms with E-state index in [-0.39, 0.29) is 12.1 Å². The van der Waals surface area contributed by atoms with E-state index in [1.165, 1.54) is 18.2 Å². The van der Waals surface area contributed by atoms with E-state index in [4.69, 9.17) is 0 Å². The Morgan fingerprint density at radius 1 is 1.05 bits per heavy atom. The number of hydrogen-bond donors (Lipinski definition) is 1. The van der Waals surface area contributed by atoms with Gasteiger partial charge in [0.05, 0.1) is 0 Å². The van der Waals surface area contributed by atoms with Gasteiger partial charge in [-0.2, -0.15) is 0 Å². The van der Waals surface area contributed by atoms with Crippen LogP contribution in [-0.2, 0) is 6.54 Å². The van der Waals surface area contributed by atoms with Crippen molar-refractivity contribution in [3.05, 3.63) is 71.2 Å². The largest absolute Gasteiger partial charge is 0.381 e. The van der Waals surface area contributed by atoms with Gasteiger partial charge in [0.1, 0.15) is 16.6 Å². The molecular formula is C16H12F2N2S. The first-order chi connectivity index (χ1) is 10.2. The Balaban J connectivity index is 1.78. The maximum Gasteiger partial charge on any atom is 0.131 e. The molecule has 0 saturated heterocycles. The van der Waals surface area contributed by atoms with Gasteiger partial charge in [-0.1, -0.05) is 18.2 Å². The zero-order chi connectivity index (χ0) is 14.7. The Bertz CT molecular complexity index is 722. The van der Waals surface area contributed by atoms with E-state index in [9.17, 15) is 8.78 Å². The summed E-state index contributed by atoms with van der Waals surface area (Å²) < 4.78 is 27.1. The van der Waals surface area contributed by atoms with Gasteiger partial charge in [-0.3, -0.25) is 0 Å². The monoisotopic (exact) mass is 302 g/mol. The van der Waals surface area contributed by atoms with Crippen molar-refractivity contribution in [3.8, 4) is 10.6 Å². The van der Waals surface area contributed by atoms with Crippen LogP contribution in [-0.4, -0.2) is 4.98 Å². The molecule has 3 aromatic rings. The summed E-state index contributed by atoms with van der Waals surface area (Å²) in [6, 6.07) is 11.5. The molecule has 0 aliphatic carbocycles.